The van der Waals surface area contributed by atoms with E-state index < -0.39 is 36.6 Å². The first-order valence-corrected chi connectivity index (χ1v) is 7.20. The molecule has 0 spiro atoms. The number of carbonyl (C=O) groups excluding carboxylic acids is 1. The summed E-state index contributed by atoms with van der Waals surface area (Å²) in [5, 5.41) is 38.4. The molecule has 10 nitrogen and oxygen atoms in total. The summed E-state index contributed by atoms with van der Waals surface area (Å²) in [5.74, 6) is -0.508. The van der Waals surface area contributed by atoms with Gasteiger partial charge in [-0.15, -0.1) is 5.10 Å². The van der Waals surface area contributed by atoms with Gasteiger partial charge in [-0.2, -0.15) is 5.10 Å². The zero-order valence-electron chi connectivity index (χ0n) is 12.4. The summed E-state index contributed by atoms with van der Waals surface area (Å²) in [6, 6.07) is 6.06. The van der Waals surface area contributed by atoms with Gasteiger partial charge in [0.2, 0.25) is 0 Å². The number of hydrogen-bond acceptors (Lipinski definition) is 9. The fraction of sp³-hybridized carbons (Fsp3) is 0.357. The van der Waals surface area contributed by atoms with Crippen LogP contribution in [-0.2, 0) is 9.53 Å². The van der Waals surface area contributed by atoms with E-state index in [0.717, 1.165) is 10.8 Å². The topological polar surface area (TPSA) is 163 Å². The summed E-state index contributed by atoms with van der Waals surface area (Å²) in [4.78, 5) is 12.1. The number of hydrogen-bond donors (Lipinski definition) is 6. The molecule has 1 aromatic heterocycles. The molecular weight excluding hydrogens is 318 g/mol. The first-order valence-electron chi connectivity index (χ1n) is 7.20. The molecule has 5 atom stereocenters. The zero-order valence-corrected chi connectivity index (χ0v) is 12.4. The van der Waals surface area contributed by atoms with E-state index in [4.69, 9.17) is 10.5 Å². The first kappa shape index (κ1) is 16.5. The van der Waals surface area contributed by atoms with Crippen LogP contribution in [0, 0.1) is 0 Å². The first-order chi connectivity index (χ1) is 11.5. The number of aromatic nitrogens is 2. The van der Waals surface area contributed by atoms with Gasteiger partial charge < -0.3 is 25.8 Å². The quantitative estimate of drug-likeness (QED) is 0.343. The molecule has 128 valence electrons. The predicted molar refractivity (Wildman–Crippen MR) is 82.2 cm³/mol. The lowest BCUT2D eigenvalue weighted by Gasteiger charge is -2.38. The SMILES string of the molecule is NC1[C@H](O)OC(C(=O)NNc2nncc3ccccc23)[C@H](O)[C@@H]1O. The van der Waals surface area contributed by atoms with E-state index in [-0.39, 0.29) is 0 Å². The van der Waals surface area contributed by atoms with E-state index in [1.807, 2.05) is 12.1 Å². The van der Waals surface area contributed by atoms with E-state index >= 15 is 0 Å². The van der Waals surface area contributed by atoms with Crippen molar-refractivity contribution in [2.24, 2.45) is 5.73 Å². The molecule has 1 saturated heterocycles. The second-order valence-corrected chi connectivity index (χ2v) is 5.40. The molecule has 1 aliphatic rings. The highest BCUT2D eigenvalue weighted by Gasteiger charge is 2.45. The number of nitrogens with zero attached hydrogens (tertiary/aromatic N) is 2. The van der Waals surface area contributed by atoms with Crippen LogP contribution in [0.5, 0.6) is 0 Å². The molecule has 2 aromatic rings. The Hall–Kier alpha value is -2.37. The van der Waals surface area contributed by atoms with Crippen molar-refractivity contribution < 1.29 is 24.9 Å². The summed E-state index contributed by atoms with van der Waals surface area (Å²) in [5.41, 5.74) is 10.3. The number of ether oxygens (including phenoxy) is 1. The van der Waals surface area contributed by atoms with Crippen LogP contribution in [0.15, 0.2) is 30.5 Å². The highest BCUT2D eigenvalue weighted by Crippen LogP contribution is 2.20. The third-order valence-corrected chi connectivity index (χ3v) is 3.80. The van der Waals surface area contributed by atoms with E-state index in [9.17, 15) is 20.1 Å². The van der Waals surface area contributed by atoms with E-state index in [1.165, 1.54) is 0 Å². The van der Waals surface area contributed by atoms with Crippen molar-refractivity contribution in [1.82, 2.24) is 15.6 Å². The number of nitrogens with two attached hydrogens (primary N) is 1. The molecule has 2 heterocycles. The lowest BCUT2D eigenvalue weighted by molar-refractivity contribution is -0.238. The standard InChI is InChI=1S/C14H17N5O5/c15-8-9(20)10(21)11(24-14(8)23)13(22)19-18-12-7-4-2-1-3-6(7)5-16-17-12/h1-5,8-11,14,20-21,23H,15H2,(H,17,18)(H,19,22)/t8?,9-,10-,11?,14-/m1/s1. The Kier molecular flexibility index (Phi) is 4.55. The smallest absolute Gasteiger partial charge is 0.270 e. The number of nitrogens with one attached hydrogen (secondary N) is 2. The fourth-order valence-electron chi connectivity index (χ4n) is 2.43. The van der Waals surface area contributed by atoms with Crippen LogP contribution in [0.3, 0.4) is 0 Å². The monoisotopic (exact) mass is 335 g/mol. The number of benzene rings is 1. The van der Waals surface area contributed by atoms with Gasteiger partial charge >= 0.3 is 0 Å². The van der Waals surface area contributed by atoms with Crippen LogP contribution in [-0.4, -0.2) is 62.1 Å². The maximum absolute atomic E-state index is 12.1. The minimum absolute atomic E-state index is 0.296. The molecule has 10 heteroatoms. The third-order valence-electron chi connectivity index (χ3n) is 3.80. The molecule has 0 saturated carbocycles. The van der Waals surface area contributed by atoms with Gasteiger partial charge in [0.1, 0.15) is 12.2 Å². The van der Waals surface area contributed by atoms with Crippen molar-refractivity contribution in [2.75, 3.05) is 5.43 Å². The zero-order chi connectivity index (χ0) is 17.3. The summed E-state index contributed by atoms with van der Waals surface area (Å²) < 4.78 is 4.95. The number of fused-ring (bicyclic) bond motifs is 1. The molecule has 1 aliphatic heterocycles. The average Bonchev–Trinajstić information content (AvgIpc) is 2.60. The molecule has 1 fully saturated rings. The van der Waals surface area contributed by atoms with Gasteiger partial charge in [-0.05, 0) is 0 Å². The molecule has 24 heavy (non-hydrogen) atoms. The molecule has 2 unspecified atom stereocenters. The van der Waals surface area contributed by atoms with Gasteiger partial charge in [0.25, 0.3) is 5.91 Å². The Balaban J connectivity index is 1.71. The van der Waals surface area contributed by atoms with Gasteiger partial charge in [0.15, 0.2) is 18.2 Å². The van der Waals surface area contributed by atoms with Crippen molar-refractivity contribution in [1.29, 1.82) is 0 Å². The Morgan fingerprint density at radius 1 is 1.21 bits per heavy atom. The molecule has 1 amide bonds. The Labute approximate surface area is 136 Å². The highest BCUT2D eigenvalue weighted by molar-refractivity contribution is 5.92. The third kappa shape index (κ3) is 3.00. The van der Waals surface area contributed by atoms with Crippen molar-refractivity contribution >= 4 is 22.5 Å². The van der Waals surface area contributed by atoms with Gasteiger partial charge in [0, 0.05) is 10.8 Å². The molecule has 1 aromatic carbocycles. The number of hydrazine groups is 1. The number of carbonyl (C=O) groups is 1. The summed E-state index contributed by atoms with van der Waals surface area (Å²) in [7, 11) is 0. The maximum Gasteiger partial charge on any atom is 0.270 e. The largest absolute Gasteiger partial charge is 0.388 e. The van der Waals surface area contributed by atoms with Gasteiger partial charge in [-0.1, -0.05) is 24.3 Å². The van der Waals surface area contributed by atoms with E-state index in [1.54, 1.807) is 18.3 Å². The van der Waals surface area contributed by atoms with Crippen molar-refractivity contribution in [3.63, 3.8) is 0 Å². The number of anilines is 1. The van der Waals surface area contributed by atoms with Crippen molar-refractivity contribution in [3.8, 4) is 0 Å². The highest BCUT2D eigenvalue weighted by atomic mass is 16.6. The minimum Gasteiger partial charge on any atom is -0.388 e. The average molecular weight is 335 g/mol. The van der Waals surface area contributed by atoms with Crippen LogP contribution in [0.4, 0.5) is 5.82 Å². The second kappa shape index (κ2) is 6.63. The summed E-state index contributed by atoms with van der Waals surface area (Å²) >= 11 is 0. The molecule has 0 bridgehead atoms. The number of aliphatic hydroxyl groups excluding tert-OH is 3. The number of amides is 1. The number of rotatable bonds is 3. The lowest BCUT2D eigenvalue weighted by atomic mass is 9.97. The van der Waals surface area contributed by atoms with Gasteiger partial charge in [-0.25, -0.2) is 0 Å². The summed E-state index contributed by atoms with van der Waals surface area (Å²) in [6.07, 6.45) is -4.57. The molecular formula is C14H17N5O5. The van der Waals surface area contributed by atoms with Crippen LogP contribution < -0.4 is 16.6 Å². The van der Waals surface area contributed by atoms with Crippen molar-refractivity contribution in [3.05, 3.63) is 30.5 Å². The minimum atomic E-state index is -1.58. The second-order valence-electron chi connectivity index (χ2n) is 5.40. The molecule has 0 aliphatic carbocycles. The van der Waals surface area contributed by atoms with Gasteiger partial charge in [0.05, 0.1) is 12.2 Å². The molecule has 3 rings (SSSR count). The fourth-order valence-corrected chi connectivity index (χ4v) is 2.43. The normalized spacial score (nSPS) is 30.1. The molecule has 0 radical (unpaired) electrons. The predicted octanol–water partition coefficient (Wildman–Crippen LogP) is -2.16. The Morgan fingerprint density at radius 2 is 1.96 bits per heavy atom. The van der Waals surface area contributed by atoms with E-state index in [2.05, 4.69) is 21.0 Å². The van der Waals surface area contributed by atoms with Crippen LogP contribution in [0.25, 0.3) is 10.8 Å². The van der Waals surface area contributed by atoms with Crippen LogP contribution in [0.1, 0.15) is 0 Å². The Morgan fingerprint density at radius 3 is 2.75 bits per heavy atom. The Bertz CT molecular complexity index is 739. The van der Waals surface area contributed by atoms with E-state index in [0.29, 0.717) is 5.82 Å². The number of aliphatic hydroxyl groups is 3. The van der Waals surface area contributed by atoms with Crippen LogP contribution in [0.2, 0.25) is 0 Å². The van der Waals surface area contributed by atoms with Gasteiger partial charge in [-0.3, -0.25) is 15.6 Å². The maximum atomic E-state index is 12.1. The van der Waals surface area contributed by atoms with Crippen LogP contribution >= 0.6 is 0 Å². The lowest BCUT2D eigenvalue weighted by Crippen LogP contribution is -2.64. The molecule has 7 N–H and O–H groups in total. The summed E-state index contributed by atoms with van der Waals surface area (Å²) in [6.45, 7) is 0. The van der Waals surface area contributed by atoms with Crippen molar-refractivity contribution in [2.45, 2.75) is 30.6 Å².